The molecule has 3 fully saturated rings. The molecule has 3 atom stereocenters. The van der Waals surface area contributed by atoms with Crippen LogP contribution in [0, 0.1) is 5.82 Å². The summed E-state index contributed by atoms with van der Waals surface area (Å²) in [6, 6.07) is 10.8. The second-order valence-electron chi connectivity index (χ2n) is 15.2. The fourth-order valence-electron chi connectivity index (χ4n) is 8.55. The van der Waals surface area contributed by atoms with Gasteiger partial charge in [-0.1, -0.05) is 12.1 Å². The number of nitrogens with zero attached hydrogens (tertiary/aromatic N) is 5. The number of aromatic hydroxyl groups is 1. The number of hydrogen-bond acceptors (Lipinski definition) is 13. The smallest absolute Gasteiger partial charge is 0.263 e. The maximum atomic E-state index is 14.9. The number of halogens is 3. The van der Waals surface area contributed by atoms with Crippen LogP contribution in [0.25, 0.3) is 5.70 Å². The van der Waals surface area contributed by atoms with Gasteiger partial charge in [-0.25, -0.2) is 18.2 Å². The molecule has 7 N–H and O–H groups in total. The minimum absolute atomic E-state index is 0.00483. The number of rotatable bonds is 10. The molecule has 0 saturated carbocycles. The molecule has 5 aliphatic heterocycles. The van der Waals surface area contributed by atoms with E-state index in [9.17, 15) is 32.7 Å². The van der Waals surface area contributed by atoms with Crippen LogP contribution in [-0.4, -0.2) is 113 Å². The van der Waals surface area contributed by atoms with E-state index in [2.05, 4.69) is 25.4 Å². The van der Waals surface area contributed by atoms with Gasteiger partial charge < -0.3 is 46.1 Å². The lowest BCUT2D eigenvalue weighted by molar-refractivity contribution is -0.136. The highest BCUT2D eigenvalue weighted by molar-refractivity contribution is 6.05. The van der Waals surface area contributed by atoms with Crippen molar-refractivity contribution in [2.24, 2.45) is 11.5 Å². The maximum Gasteiger partial charge on any atom is 0.263 e. The van der Waals surface area contributed by atoms with Crippen LogP contribution in [0.3, 0.4) is 0 Å². The molecule has 1 aromatic heterocycles. The molecular weight excluding hydrogens is 759 g/mol. The molecule has 3 aromatic rings. The quantitative estimate of drug-likeness (QED) is 0.188. The summed E-state index contributed by atoms with van der Waals surface area (Å²) in [6.07, 6.45) is -0.107. The normalized spacial score (nSPS) is 23.9. The van der Waals surface area contributed by atoms with Gasteiger partial charge in [-0.3, -0.25) is 24.6 Å². The third-order valence-electron chi connectivity index (χ3n) is 11.7. The Hall–Kier alpha value is -6.17. The van der Waals surface area contributed by atoms with Crippen molar-refractivity contribution in [3.8, 4) is 17.4 Å². The van der Waals surface area contributed by atoms with Crippen LogP contribution in [-0.2, 0) is 22.7 Å². The molecule has 6 heterocycles. The fraction of sp³-hybridized carbons (Fsp3) is 0.400. The Morgan fingerprint density at radius 1 is 1.14 bits per heavy atom. The van der Waals surface area contributed by atoms with E-state index in [1.807, 2.05) is 24.3 Å². The lowest BCUT2D eigenvalue weighted by atomic mass is 9.93. The van der Waals surface area contributed by atoms with E-state index < -0.39 is 41.6 Å². The first-order chi connectivity index (χ1) is 27.8. The van der Waals surface area contributed by atoms with Gasteiger partial charge in [-0.2, -0.15) is 0 Å². The van der Waals surface area contributed by atoms with Crippen LogP contribution in [0.1, 0.15) is 46.3 Å². The van der Waals surface area contributed by atoms with Crippen LogP contribution in [0.15, 0.2) is 66.3 Å². The highest BCUT2D eigenvalue weighted by Gasteiger charge is 2.56. The third-order valence-corrected chi connectivity index (χ3v) is 11.7. The molecule has 8 rings (SSSR count). The van der Waals surface area contributed by atoms with Crippen molar-refractivity contribution in [1.82, 2.24) is 30.3 Å². The van der Waals surface area contributed by atoms with Crippen molar-refractivity contribution in [3.05, 3.63) is 94.3 Å². The Kier molecular flexibility index (Phi) is 10.2. The van der Waals surface area contributed by atoms with Crippen molar-refractivity contribution >= 4 is 29.1 Å². The van der Waals surface area contributed by atoms with E-state index in [1.165, 1.54) is 30.2 Å². The molecule has 0 spiro atoms. The van der Waals surface area contributed by atoms with Crippen molar-refractivity contribution in [1.29, 1.82) is 0 Å². The largest absolute Gasteiger partial charge is 0.504 e. The summed E-state index contributed by atoms with van der Waals surface area (Å²) in [5.41, 5.74) is 14.1. The molecule has 0 aliphatic carbocycles. The molecule has 2 aromatic carbocycles. The molecule has 58 heavy (non-hydrogen) atoms. The fourth-order valence-corrected chi connectivity index (χ4v) is 8.55. The van der Waals surface area contributed by atoms with Crippen molar-refractivity contribution in [3.63, 3.8) is 0 Å². The number of amides is 3. The minimum atomic E-state index is -2.81. The number of aromatic nitrogens is 1. The van der Waals surface area contributed by atoms with E-state index >= 15 is 0 Å². The summed E-state index contributed by atoms with van der Waals surface area (Å²) in [5, 5.41) is 15.4. The van der Waals surface area contributed by atoms with Gasteiger partial charge in [0.25, 0.3) is 18.2 Å². The number of carbonyl (C=O) groups is 3. The number of piperazine rings is 1. The van der Waals surface area contributed by atoms with Crippen molar-refractivity contribution < 1.29 is 42.1 Å². The van der Waals surface area contributed by atoms with Gasteiger partial charge in [0.2, 0.25) is 11.8 Å². The van der Waals surface area contributed by atoms with Gasteiger partial charge in [0.1, 0.15) is 23.5 Å². The molecular formula is C40H44F3N9O6. The van der Waals surface area contributed by atoms with Gasteiger partial charge >= 0.3 is 0 Å². The van der Waals surface area contributed by atoms with Crippen LogP contribution in [0.5, 0.6) is 17.4 Å². The van der Waals surface area contributed by atoms with Gasteiger partial charge in [-0.15, -0.1) is 0 Å². The second-order valence-corrected chi connectivity index (χ2v) is 15.2. The zero-order valence-corrected chi connectivity index (χ0v) is 31.7. The van der Waals surface area contributed by atoms with Crippen LogP contribution >= 0.6 is 0 Å². The second kappa shape index (κ2) is 15.3. The number of anilines is 1. The summed E-state index contributed by atoms with van der Waals surface area (Å²) >= 11 is 0. The van der Waals surface area contributed by atoms with Crippen LogP contribution in [0.2, 0.25) is 0 Å². The highest BCUT2D eigenvalue weighted by atomic mass is 19.3. The monoisotopic (exact) mass is 803 g/mol. The predicted molar refractivity (Wildman–Crippen MR) is 205 cm³/mol. The number of carbonyl (C=O) groups excluding carboxylic acids is 3. The topological polar surface area (TPSA) is 192 Å². The Balaban J connectivity index is 0.901. The Morgan fingerprint density at radius 2 is 1.93 bits per heavy atom. The van der Waals surface area contributed by atoms with Gasteiger partial charge in [0, 0.05) is 87.4 Å². The average Bonchev–Trinajstić information content (AvgIpc) is 3.75. The number of nitrogens with two attached hydrogens (primary N) is 2. The predicted octanol–water partition coefficient (Wildman–Crippen LogP) is 2.21. The van der Waals surface area contributed by atoms with Crippen LogP contribution in [0.4, 0.5) is 18.9 Å². The number of benzene rings is 2. The maximum absolute atomic E-state index is 14.9. The summed E-state index contributed by atoms with van der Waals surface area (Å²) in [5.74, 6) is -1.91. The van der Waals surface area contributed by atoms with Gasteiger partial charge in [0.15, 0.2) is 17.3 Å². The molecule has 15 nitrogen and oxygen atoms in total. The molecule has 306 valence electrons. The number of phenolic OH excluding ortho intramolecular Hbond substituents is 1. The molecule has 18 heteroatoms. The zero-order chi connectivity index (χ0) is 40.9. The Bertz CT molecular complexity index is 2210. The summed E-state index contributed by atoms with van der Waals surface area (Å²) in [4.78, 5) is 49.5. The van der Waals surface area contributed by atoms with Gasteiger partial charge in [0.05, 0.1) is 19.4 Å². The number of methoxy groups -OCH3 is 1. The number of ether oxygens (including phenoxy) is 2. The number of phenols is 1. The van der Waals surface area contributed by atoms with Crippen molar-refractivity contribution in [2.75, 3.05) is 51.3 Å². The number of allylic oxidation sites excluding steroid dienone is 1. The number of alkyl halides is 2. The third kappa shape index (κ3) is 7.05. The number of hydrogen-bond donors (Lipinski definition) is 5. The van der Waals surface area contributed by atoms with E-state index in [1.54, 1.807) is 11.1 Å². The van der Waals surface area contributed by atoms with E-state index in [-0.39, 0.29) is 66.4 Å². The molecule has 0 radical (unpaired) electrons. The van der Waals surface area contributed by atoms with E-state index in [0.29, 0.717) is 43.9 Å². The SMILES string of the molecule is COc1cc(CN2CCN(c3ccc4c(c3)C(=O)N(C3CCC(=O)NC3=O)C4)CC2)cnc1OC1CN2C(/C=C(\N)c3cccc(F)c3O)=C(N)NCC2(C(F)F)C1. The lowest BCUT2D eigenvalue weighted by Gasteiger charge is -2.43. The zero-order valence-electron chi connectivity index (χ0n) is 31.7. The Labute approximate surface area is 332 Å². The number of piperidine rings is 1. The van der Waals surface area contributed by atoms with Crippen molar-refractivity contribution in [2.45, 2.75) is 56.5 Å². The molecule has 3 unspecified atom stereocenters. The lowest BCUT2D eigenvalue weighted by Crippen LogP contribution is -2.59. The molecule has 3 amide bonds. The number of para-hydroxylation sites is 1. The van der Waals surface area contributed by atoms with Crippen LogP contribution < -0.4 is 36.5 Å². The average molecular weight is 804 g/mol. The Morgan fingerprint density at radius 3 is 2.67 bits per heavy atom. The van der Waals surface area contributed by atoms with E-state index in [0.717, 1.165) is 36.0 Å². The molecule has 0 bridgehead atoms. The standard InChI is InChI=1S/C40H44F3N9O6/c1-57-32-13-22(18-49-9-11-50(12-10-49)24-6-5-23-19-51(38(56)27(23)14-24)30-7-8-33(53)48-36(30)55)17-46-37(32)58-25-16-40(39(42)43)21-47-35(45)31(52(40)20-25)15-29(44)26-3-2-4-28(41)34(26)54/h2-6,13-15,17,25,30,39,47,54H,7-12,16,18-21,44-45H2,1H3,(H,48,53,55)/b29-15-. The summed E-state index contributed by atoms with van der Waals surface area (Å²) in [6.45, 7) is 3.62. The summed E-state index contributed by atoms with van der Waals surface area (Å²) in [7, 11) is 1.48. The van der Waals surface area contributed by atoms with E-state index in [4.69, 9.17) is 20.9 Å². The number of nitrogens with one attached hydrogen (secondary N) is 2. The number of imide groups is 1. The number of fused-ring (bicyclic) bond motifs is 2. The first-order valence-corrected chi connectivity index (χ1v) is 19.0. The highest BCUT2D eigenvalue weighted by Crippen LogP contribution is 2.43. The summed E-state index contributed by atoms with van der Waals surface area (Å²) < 4.78 is 55.8. The molecule has 3 saturated heterocycles. The van der Waals surface area contributed by atoms with Gasteiger partial charge in [-0.05, 0) is 54.0 Å². The number of pyridine rings is 1. The first kappa shape index (κ1) is 38.7. The first-order valence-electron chi connectivity index (χ1n) is 19.0. The minimum Gasteiger partial charge on any atom is -0.504 e. The molecule has 5 aliphatic rings.